The molecule has 2 fully saturated rings. The first-order valence-electron chi connectivity index (χ1n) is 7.17. The van der Waals surface area contributed by atoms with E-state index in [-0.39, 0.29) is 0 Å². The largest absolute Gasteiger partial charge is 0.338 e. The van der Waals surface area contributed by atoms with Crippen LogP contribution < -0.4 is 5.32 Å². The van der Waals surface area contributed by atoms with Crippen LogP contribution in [0.4, 0.5) is 0 Å². The second-order valence-electron chi connectivity index (χ2n) is 5.41. The summed E-state index contributed by atoms with van der Waals surface area (Å²) >= 11 is 0. The Morgan fingerprint density at radius 2 is 1.94 bits per heavy atom. The van der Waals surface area contributed by atoms with Gasteiger partial charge in [0.25, 0.3) is 0 Å². The van der Waals surface area contributed by atoms with E-state index in [9.17, 15) is 0 Å². The molecule has 2 aliphatic rings. The van der Waals surface area contributed by atoms with Crippen molar-refractivity contribution in [1.29, 1.82) is 0 Å². The summed E-state index contributed by atoms with van der Waals surface area (Å²) in [6.45, 7) is 5.07. The lowest BCUT2D eigenvalue weighted by Crippen LogP contribution is -2.42. The Bertz CT molecular complexity index is 367. The van der Waals surface area contributed by atoms with Crippen molar-refractivity contribution in [3.63, 3.8) is 0 Å². The molecule has 0 atom stereocenters. The minimum atomic E-state index is 0.541. The molecular formula is C13H22N4O. The Hall–Kier alpha value is -0.940. The monoisotopic (exact) mass is 250 g/mol. The molecular weight excluding hydrogens is 228 g/mol. The van der Waals surface area contributed by atoms with Gasteiger partial charge in [-0.2, -0.15) is 4.98 Å². The maximum atomic E-state index is 5.40. The van der Waals surface area contributed by atoms with Crippen LogP contribution in [0, 0.1) is 0 Å². The van der Waals surface area contributed by atoms with Crippen molar-refractivity contribution < 1.29 is 4.52 Å². The third kappa shape index (κ3) is 2.90. The van der Waals surface area contributed by atoms with Crippen LogP contribution in [-0.2, 0) is 6.54 Å². The molecule has 0 bridgehead atoms. The molecule has 3 rings (SSSR count). The molecule has 0 amide bonds. The predicted octanol–water partition coefficient (Wildman–Crippen LogP) is 1.52. The van der Waals surface area contributed by atoms with Crippen LogP contribution in [0.15, 0.2) is 4.52 Å². The second kappa shape index (κ2) is 5.80. The first kappa shape index (κ1) is 12.1. The van der Waals surface area contributed by atoms with E-state index in [4.69, 9.17) is 4.52 Å². The molecule has 1 saturated carbocycles. The van der Waals surface area contributed by atoms with Crippen molar-refractivity contribution in [3.05, 3.63) is 11.7 Å². The summed E-state index contributed by atoms with van der Waals surface area (Å²) in [5.41, 5.74) is 0. The van der Waals surface area contributed by atoms with Gasteiger partial charge in [-0.25, -0.2) is 0 Å². The van der Waals surface area contributed by atoms with Crippen molar-refractivity contribution in [2.45, 2.75) is 44.6 Å². The van der Waals surface area contributed by atoms with Crippen molar-refractivity contribution in [3.8, 4) is 0 Å². The number of hydrogen-bond donors (Lipinski definition) is 1. The van der Waals surface area contributed by atoms with Crippen molar-refractivity contribution in [2.75, 3.05) is 26.2 Å². The lowest BCUT2D eigenvalue weighted by atomic mass is 9.89. The van der Waals surface area contributed by atoms with Gasteiger partial charge in [0, 0.05) is 32.1 Å². The maximum absolute atomic E-state index is 5.40. The van der Waals surface area contributed by atoms with Crippen LogP contribution in [0.5, 0.6) is 0 Å². The Morgan fingerprint density at radius 3 is 2.72 bits per heavy atom. The molecule has 0 aromatic carbocycles. The number of aromatic nitrogens is 2. The fourth-order valence-electron chi connectivity index (χ4n) is 2.92. The molecule has 2 heterocycles. The molecule has 1 aromatic rings. The highest BCUT2D eigenvalue weighted by molar-refractivity contribution is 4.97. The van der Waals surface area contributed by atoms with Gasteiger partial charge >= 0.3 is 0 Å². The first-order chi connectivity index (χ1) is 8.92. The van der Waals surface area contributed by atoms with Gasteiger partial charge in [-0.3, -0.25) is 4.90 Å². The van der Waals surface area contributed by atoms with Crippen LogP contribution >= 0.6 is 0 Å². The molecule has 100 valence electrons. The number of nitrogens with one attached hydrogen (secondary N) is 1. The van der Waals surface area contributed by atoms with E-state index in [0.29, 0.717) is 5.92 Å². The number of piperazine rings is 1. The summed E-state index contributed by atoms with van der Waals surface area (Å²) in [4.78, 5) is 6.96. The molecule has 1 aliphatic carbocycles. The first-order valence-corrected chi connectivity index (χ1v) is 7.17. The lowest BCUT2D eigenvalue weighted by Gasteiger charge is -2.25. The highest BCUT2D eigenvalue weighted by Gasteiger charge is 2.21. The molecule has 5 nitrogen and oxygen atoms in total. The van der Waals surface area contributed by atoms with Crippen LogP contribution in [-0.4, -0.2) is 41.2 Å². The minimum Gasteiger partial charge on any atom is -0.338 e. The highest BCUT2D eigenvalue weighted by atomic mass is 16.5. The smallest absolute Gasteiger partial charge is 0.240 e. The molecule has 5 heteroatoms. The zero-order valence-electron chi connectivity index (χ0n) is 10.9. The van der Waals surface area contributed by atoms with E-state index in [1.165, 1.54) is 32.1 Å². The number of rotatable bonds is 3. The van der Waals surface area contributed by atoms with Gasteiger partial charge in [-0.15, -0.1) is 0 Å². The maximum Gasteiger partial charge on any atom is 0.240 e. The van der Waals surface area contributed by atoms with Gasteiger partial charge in [-0.05, 0) is 12.8 Å². The summed E-state index contributed by atoms with van der Waals surface area (Å²) < 4.78 is 5.40. The molecule has 0 radical (unpaired) electrons. The molecule has 1 N–H and O–H groups in total. The second-order valence-corrected chi connectivity index (χ2v) is 5.41. The molecule has 1 saturated heterocycles. The average Bonchev–Trinajstić information content (AvgIpc) is 2.89. The topological polar surface area (TPSA) is 54.2 Å². The minimum absolute atomic E-state index is 0.541. The SMILES string of the molecule is C1CCC(c2noc(CN3CCNCC3)n2)CC1. The fraction of sp³-hybridized carbons (Fsp3) is 0.846. The fourth-order valence-corrected chi connectivity index (χ4v) is 2.92. The quantitative estimate of drug-likeness (QED) is 0.881. The Morgan fingerprint density at radius 1 is 1.17 bits per heavy atom. The Kier molecular flexibility index (Phi) is 3.90. The van der Waals surface area contributed by atoms with Crippen molar-refractivity contribution in [1.82, 2.24) is 20.4 Å². The van der Waals surface area contributed by atoms with E-state index in [1.54, 1.807) is 0 Å². The van der Waals surface area contributed by atoms with Gasteiger partial charge in [0.05, 0.1) is 6.54 Å². The third-order valence-electron chi connectivity index (χ3n) is 4.02. The zero-order valence-corrected chi connectivity index (χ0v) is 10.9. The van der Waals surface area contributed by atoms with E-state index in [0.717, 1.165) is 44.4 Å². The van der Waals surface area contributed by atoms with E-state index in [2.05, 4.69) is 20.4 Å². The van der Waals surface area contributed by atoms with Crippen LogP contribution in [0.25, 0.3) is 0 Å². The molecule has 18 heavy (non-hydrogen) atoms. The average molecular weight is 250 g/mol. The van der Waals surface area contributed by atoms with Gasteiger partial charge < -0.3 is 9.84 Å². The van der Waals surface area contributed by atoms with E-state index in [1.807, 2.05) is 0 Å². The van der Waals surface area contributed by atoms with Gasteiger partial charge in [0.2, 0.25) is 5.89 Å². The summed E-state index contributed by atoms with van der Waals surface area (Å²) in [6.07, 6.45) is 6.44. The zero-order chi connectivity index (χ0) is 12.2. The summed E-state index contributed by atoms with van der Waals surface area (Å²) in [6, 6.07) is 0. The molecule has 0 unspecified atom stereocenters. The lowest BCUT2D eigenvalue weighted by molar-refractivity contribution is 0.203. The van der Waals surface area contributed by atoms with Crippen LogP contribution in [0.3, 0.4) is 0 Å². The normalized spacial score (nSPS) is 23.3. The highest BCUT2D eigenvalue weighted by Crippen LogP contribution is 2.30. The third-order valence-corrected chi connectivity index (χ3v) is 4.02. The molecule has 1 aliphatic heterocycles. The molecule has 0 spiro atoms. The van der Waals surface area contributed by atoms with Crippen molar-refractivity contribution >= 4 is 0 Å². The van der Waals surface area contributed by atoms with Gasteiger partial charge in [0.15, 0.2) is 5.82 Å². The van der Waals surface area contributed by atoms with Crippen molar-refractivity contribution in [2.24, 2.45) is 0 Å². The van der Waals surface area contributed by atoms with Crippen LogP contribution in [0.2, 0.25) is 0 Å². The Labute approximate surface area is 108 Å². The van der Waals surface area contributed by atoms with Gasteiger partial charge in [0.1, 0.15) is 0 Å². The number of nitrogens with zero attached hydrogens (tertiary/aromatic N) is 3. The van der Waals surface area contributed by atoms with Crippen LogP contribution in [0.1, 0.15) is 49.7 Å². The summed E-state index contributed by atoms with van der Waals surface area (Å²) in [7, 11) is 0. The summed E-state index contributed by atoms with van der Waals surface area (Å²) in [5, 5.41) is 7.53. The Balaban J connectivity index is 1.58. The summed E-state index contributed by atoms with van der Waals surface area (Å²) in [5.74, 6) is 2.27. The molecule has 1 aromatic heterocycles. The number of hydrogen-bond acceptors (Lipinski definition) is 5. The van der Waals surface area contributed by atoms with E-state index >= 15 is 0 Å². The standard InChI is InChI=1S/C13H22N4O/c1-2-4-11(5-3-1)13-15-12(18-16-13)10-17-8-6-14-7-9-17/h11,14H,1-10H2. The van der Waals surface area contributed by atoms with Gasteiger partial charge in [-0.1, -0.05) is 24.4 Å². The predicted molar refractivity (Wildman–Crippen MR) is 68.3 cm³/mol. The van der Waals surface area contributed by atoms with E-state index < -0.39 is 0 Å².